The molecule has 3 aromatic rings. The molecule has 0 saturated carbocycles. The van der Waals surface area contributed by atoms with Gasteiger partial charge < -0.3 is 14.6 Å². The van der Waals surface area contributed by atoms with Gasteiger partial charge >= 0.3 is 5.97 Å². The maximum atomic E-state index is 12.5. The third kappa shape index (κ3) is 4.49. The second-order valence-electron chi connectivity index (χ2n) is 6.50. The largest absolute Gasteiger partial charge is 0.452 e. The van der Waals surface area contributed by atoms with Gasteiger partial charge in [0, 0.05) is 28.8 Å². The number of carbonyl (C=O) groups is 2. The molecule has 8 nitrogen and oxygen atoms in total. The second kappa shape index (κ2) is 8.79. The van der Waals surface area contributed by atoms with Crippen LogP contribution < -0.4 is 5.32 Å². The molecular weight excluding hydrogens is 410 g/mol. The van der Waals surface area contributed by atoms with Crippen molar-refractivity contribution in [2.24, 2.45) is 0 Å². The molecule has 154 valence electrons. The van der Waals surface area contributed by atoms with Crippen LogP contribution >= 0.6 is 11.6 Å². The van der Waals surface area contributed by atoms with Crippen LogP contribution in [0.15, 0.2) is 54.6 Å². The lowest BCUT2D eigenvalue weighted by Gasteiger charge is -2.10. The van der Waals surface area contributed by atoms with Crippen LogP contribution in [0.2, 0.25) is 5.02 Å². The number of ether oxygens (including phenoxy) is 1. The van der Waals surface area contributed by atoms with Crippen LogP contribution in [0.3, 0.4) is 0 Å². The minimum absolute atomic E-state index is 0.0433. The fourth-order valence-electron chi connectivity index (χ4n) is 3.08. The number of aromatic nitrogens is 1. The number of hydrogen-bond acceptors (Lipinski definition) is 5. The minimum Gasteiger partial charge on any atom is -0.452 e. The average molecular weight is 428 g/mol. The van der Waals surface area contributed by atoms with Crippen molar-refractivity contribution in [2.75, 3.05) is 11.9 Å². The van der Waals surface area contributed by atoms with E-state index in [1.54, 1.807) is 13.0 Å². The third-order valence-corrected chi connectivity index (χ3v) is 4.75. The fourth-order valence-corrected chi connectivity index (χ4v) is 3.27. The molecule has 0 saturated heterocycles. The Balaban J connectivity index is 1.67. The molecule has 2 aromatic carbocycles. The number of aryl methyl sites for hydroxylation is 1. The standard InChI is InChI=1S/C21H18ClN3O5/c1-13-10-17(14(2)24(13)16-6-4-3-5-7-16)21(27)30-12-20(26)23-15-8-9-18(22)19(11-15)25(28)29/h3-11H,12H2,1-2H3,(H,23,26). The Morgan fingerprint density at radius 1 is 1.13 bits per heavy atom. The van der Waals surface area contributed by atoms with Gasteiger partial charge in [0.25, 0.3) is 11.6 Å². The number of esters is 1. The van der Waals surface area contributed by atoms with Crippen molar-refractivity contribution in [3.63, 3.8) is 0 Å². The molecule has 1 heterocycles. The molecule has 9 heteroatoms. The highest BCUT2D eigenvalue weighted by molar-refractivity contribution is 6.32. The lowest BCUT2D eigenvalue weighted by molar-refractivity contribution is -0.384. The summed E-state index contributed by atoms with van der Waals surface area (Å²) >= 11 is 5.75. The Hall–Kier alpha value is -3.65. The van der Waals surface area contributed by atoms with Gasteiger partial charge in [0.1, 0.15) is 5.02 Å². The van der Waals surface area contributed by atoms with Crippen LogP contribution in [0.5, 0.6) is 0 Å². The molecule has 1 aromatic heterocycles. The Morgan fingerprint density at radius 3 is 2.50 bits per heavy atom. The summed E-state index contributed by atoms with van der Waals surface area (Å²) in [5.74, 6) is -1.26. The van der Waals surface area contributed by atoms with Crippen LogP contribution in [0.1, 0.15) is 21.7 Å². The summed E-state index contributed by atoms with van der Waals surface area (Å²) in [5.41, 5.74) is 2.65. The molecule has 0 aliphatic rings. The number of nitro groups is 1. The third-order valence-electron chi connectivity index (χ3n) is 4.43. The number of benzene rings is 2. The number of rotatable bonds is 6. The van der Waals surface area contributed by atoms with Crippen molar-refractivity contribution in [3.05, 3.63) is 86.7 Å². The molecule has 0 unspecified atom stereocenters. The molecule has 0 fully saturated rings. The van der Waals surface area contributed by atoms with Gasteiger partial charge in [0.05, 0.1) is 10.5 Å². The Labute approximate surface area is 177 Å². The second-order valence-corrected chi connectivity index (χ2v) is 6.91. The normalized spacial score (nSPS) is 10.5. The number of para-hydroxylation sites is 1. The summed E-state index contributed by atoms with van der Waals surface area (Å²) in [5, 5.41) is 13.3. The number of anilines is 1. The van der Waals surface area contributed by atoms with E-state index in [2.05, 4.69) is 5.32 Å². The van der Waals surface area contributed by atoms with Crippen LogP contribution in [0.4, 0.5) is 11.4 Å². The first-order valence-corrected chi connectivity index (χ1v) is 9.31. The molecule has 0 aliphatic heterocycles. The van der Waals surface area contributed by atoms with Crippen molar-refractivity contribution < 1.29 is 19.2 Å². The van der Waals surface area contributed by atoms with Gasteiger partial charge in [-0.3, -0.25) is 14.9 Å². The summed E-state index contributed by atoms with van der Waals surface area (Å²) in [6, 6.07) is 15.1. The van der Waals surface area contributed by atoms with Crippen LogP contribution in [0, 0.1) is 24.0 Å². The fraction of sp³-hybridized carbons (Fsp3) is 0.143. The zero-order chi connectivity index (χ0) is 21.8. The summed E-state index contributed by atoms with van der Waals surface area (Å²) < 4.78 is 7.04. The van der Waals surface area contributed by atoms with E-state index in [1.807, 2.05) is 41.8 Å². The van der Waals surface area contributed by atoms with Gasteiger partial charge in [-0.25, -0.2) is 4.79 Å². The summed E-state index contributed by atoms with van der Waals surface area (Å²) in [4.78, 5) is 34.9. The van der Waals surface area contributed by atoms with E-state index in [-0.39, 0.29) is 16.4 Å². The maximum absolute atomic E-state index is 12.5. The number of amides is 1. The summed E-state index contributed by atoms with van der Waals surface area (Å²) in [6.07, 6.45) is 0. The van der Waals surface area contributed by atoms with E-state index < -0.39 is 23.4 Å². The van der Waals surface area contributed by atoms with Gasteiger partial charge in [-0.15, -0.1) is 0 Å². The first-order valence-electron chi connectivity index (χ1n) is 8.93. The molecule has 0 atom stereocenters. The predicted octanol–water partition coefficient (Wildman–Crippen LogP) is 4.45. The van der Waals surface area contributed by atoms with Crippen molar-refractivity contribution in [1.29, 1.82) is 0 Å². The highest BCUT2D eigenvalue weighted by Crippen LogP contribution is 2.27. The number of carbonyl (C=O) groups excluding carboxylic acids is 2. The topological polar surface area (TPSA) is 103 Å². The zero-order valence-electron chi connectivity index (χ0n) is 16.2. The summed E-state index contributed by atoms with van der Waals surface area (Å²) in [7, 11) is 0. The van der Waals surface area contributed by atoms with Crippen molar-refractivity contribution in [3.8, 4) is 5.69 Å². The first-order chi connectivity index (χ1) is 14.3. The van der Waals surface area contributed by atoms with E-state index in [1.165, 1.54) is 12.1 Å². The molecule has 0 spiro atoms. The van der Waals surface area contributed by atoms with Gasteiger partial charge in [-0.2, -0.15) is 0 Å². The Bertz CT molecular complexity index is 1130. The molecular formula is C21H18ClN3O5. The minimum atomic E-state index is -0.652. The predicted molar refractivity (Wildman–Crippen MR) is 112 cm³/mol. The van der Waals surface area contributed by atoms with E-state index in [9.17, 15) is 19.7 Å². The molecule has 1 amide bonds. The van der Waals surface area contributed by atoms with Gasteiger partial charge in [0.15, 0.2) is 6.61 Å². The number of hydrogen-bond donors (Lipinski definition) is 1. The molecule has 1 N–H and O–H groups in total. The molecule has 0 radical (unpaired) electrons. The maximum Gasteiger partial charge on any atom is 0.340 e. The van der Waals surface area contributed by atoms with Gasteiger partial charge in [-0.1, -0.05) is 29.8 Å². The molecule has 3 rings (SSSR count). The van der Waals surface area contributed by atoms with Crippen LogP contribution in [-0.2, 0) is 9.53 Å². The number of halogens is 1. The smallest absolute Gasteiger partial charge is 0.340 e. The molecule has 0 aliphatic carbocycles. The number of nitrogens with zero attached hydrogens (tertiary/aromatic N) is 2. The zero-order valence-corrected chi connectivity index (χ0v) is 17.0. The van der Waals surface area contributed by atoms with Crippen molar-refractivity contribution in [2.45, 2.75) is 13.8 Å². The van der Waals surface area contributed by atoms with E-state index in [4.69, 9.17) is 16.3 Å². The molecule has 30 heavy (non-hydrogen) atoms. The lowest BCUT2D eigenvalue weighted by atomic mass is 10.2. The Kier molecular flexibility index (Phi) is 6.17. The Morgan fingerprint density at radius 2 is 1.83 bits per heavy atom. The van der Waals surface area contributed by atoms with Gasteiger partial charge in [-0.05, 0) is 44.2 Å². The van der Waals surface area contributed by atoms with Crippen LogP contribution in [0.25, 0.3) is 5.69 Å². The highest BCUT2D eigenvalue weighted by Gasteiger charge is 2.19. The average Bonchev–Trinajstić information content (AvgIpc) is 3.02. The molecule has 0 bridgehead atoms. The van der Waals surface area contributed by atoms with E-state index in [0.29, 0.717) is 11.3 Å². The highest BCUT2D eigenvalue weighted by atomic mass is 35.5. The first kappa shape index (κ1) is 21.1. The number of nitro benzene ring substituents is 1. The van der Waals surface area contributed by atoms with Crippen molar-refractivity contribution in [1.82, 2.24) is 4.57 Å². The SMILES string of the molecule is Cc1cc(C(=O)OCC(=O)Nc2ccc(Cl)c([N+](=O)[O-])c2)c(C)n1-c1ccccc1. The van der Waals surface area contributed by atoms with Crippen LogP contribution in [-0.4, -0.2) is 28.0 Å². The van der Waals surface area contributed by atoms with E-state index >= 15 is 0 Å². The van der Waals surface area contributed by atoms with Gasteiger partial charge in [0.2, 0.25) is 0 Å². The number of nitrogens with one attached hydrogen (secondary N) is 1. The van der Waals surface area contributed by atoms with E-state index in [0.717, 1.165) is 17.4 Å². The summed E-state index contributed by atoms with van der Waals surface area (Å²) in [6.45, 7) is 3.13. The quantitative estimate of drug-likeness (QED) is 0.355. The van der Waals surface area contributed by atoms with Crippen molar-refractivity contribution >= 4 is 34.9 Å². The monoisotopic (exact) mass is 427 g/mol. The lowest BCUT2D eigenvalue weighted by Crippen LogP contribution is -2.21.